The lowest BCUT2D eigenvalue weighted by atomic mass is 9.85. The maximum Gasteiger partial charge on any atom is 0.0730 e. The molecule has 1 N–H and O–H groups in total. The number of hydrogen-bond donors (Lipinski definition) is 1. The molecule has 0 unspecified atom stereocenters. The summed E-state index contributed by atoms with van der Waals surface area (Å²) in [6.45, 7) is 20.4. The van der Waals surface area contributed by atoms with E-state index in [2.05, 4.69) is 170 Å². The van der Waals surface area contributed by atoms with Gasteiger partial charge in [-0.1, -0.05) is 117 Å². The smallest absolute Gasteiger partial charge is 0.0730 e. The molecule has 228 valence electrons. The number of nitrogens with zero attached hydrogens (tertiary/aromatic N) is 1. The Balaban J connectivity index is 1.50. The van der Waals surface area contributed by atoms with Gasteiger partial charge in [-0.15, -0.1) is 0 Å². The third-order valence-corrected chi connectivity index (χ3v) is 8.95. The van der Waals surface area contributed by atoms with Crippen LogP contribution in [0.15, 0.2) is 109 Å². The minimum Gasteiger partial charge on any atom is -0.361 e. The normalized spacial score (nSPS) is 12.6. The van der Waals surface area contributed by atoms with Gasteiger partial charge in [0.15, 0.2) is 0 Å². The van der Waals surface area contributed by atoms with Crippen molar-refractivity contribution in [1.29, 1.82) is 0 Å². The van der Waals surface area contributed by atoms with E-state index in [4.69, 9.17) is 4.98 Å². The summed E-state index contributed by atoms with van der Waals surface area (Å²) in [6, 6.07) is 38.2. The number of rotatable bonds is 4. The Labute approximate surface area is 269 Å². The van der Waals surface area contributed by atoms with Crippen LogP contribution < -0.4 is 0 Å². The molecule has 0 aliphatic rings. The Bertz CT molecular complexity index is 1890. The molecule has 2 nitrogen and oxygen atoms in total. The summed E-state index contributed by atoms with van der Waals surface area (Å²) in [6.07, 6.45) is 2.02. The molecule has 45 heavy (non-hydrogen) atoms. The average Bonchev–Trinajstić information content (AvgIpc) is 3.48. The zero-order chi connectivity index (χ0) is 32.1. The lowest BCUT2D eigenvalue weighted by Crippen LogP contribution is -2.11. The maximum atomic E-state index is 5.31. The van der Waals surface area contributed by atoms with Crippen molar-refractivity contribution in [3.05, 3.63) is 126 Å². The molecule has 0 atom stereocenters. The predicted octanol–water partition coefficient (Wildman–Crippen LogP) is 12.1. The Morgan fingerprint density at radius 2 is 0.933 bits per heavy atom. The SMILES string of the molecule is CC(C)(C)c1ccc(-c2cc(-c3ccc(C(C)(C)C)cc3)cc(-c3cccc(-c4cc(C(C)(C)C)cc5cc[nH]c45)n3)c2)cc1. The number of fused-ring (bicyclic) bond motifs is 1. The first-order valence-corrected chi connectivity index (χ1v) is 16.1. The monoisotopic (exact) mass is 590 g/mol. The number of hydrogen-bond acceptors (Lipinski definition) is 1. The molecular weight excluding hydrogens is 544 g/mol. The number of nitrogens with one attached hydrogen (secondary N) is 1. The summed E-state index contributed by atoms with van der Waals surface area (Å²) < 4.78 is 0. The van der Waals surface area contributed by atoms with Gasteiger partial charge in [-0.05, 0) is 104 Å². The van der Waals surface area contributed by atoms with Crippen molar-refractivity contribution in [3.8, 4) is 44.8 Å². The van der Waals surface area contributed by atoms with Gasteiger partial charge >= 0.3 is 0 Å². The molecule has 0 radical (unpaired) electrons. The van der Waals surface area contributed by atoms with Gasteiger partial charge in [0.05, 0.1) is 16.9 Å². The second kappa shape index (κ2) is 11.2. The number of H-pyrrole nitrogens is 1. The van der Waals surface area contributed by atoms with Crippen LogP contribution in [-0.2, 0) is 16.2 Å². The highest BCUT2D eigenvalue weighted by Gasteiger charge is 2.19. The molecule has 2 heteroatoms. The summed E-state index contributed by atoms with van der Waals surface area (Å²) in [7, 11) is 0. The molecule has 6 aromatic rings. The average molecular weight is 591 g/mol. The zero-order valence-corrected chi connectivity index (χ0v) is 28.3. The first-order chi connectivity index (χ1) is 21.2. The van der Waals surface area contributed by atoms with E-state index in [9.17, 15) is 0 Å². The third kappa shape index (κ3) is 6.38. The Kier molecular flexibility index (Phi) is 7.60. The predicted molar refractivity (Wildman–Crippen MR) is 194 cm³/mol. The minimum absolute atomic E-state index is 0.0339. The van der Waals surface area contributed by atoms with Crippen LogP contribution in [0.3, 0.4) is 0 Å². The van der Waals surface area contributed by atoms with Crippen LogP contribution in [0.2, 0.25) is 0 Å². The van der Waals surface area contributed by atoms with Crippen molar-refractivity contribution >= 4 is 10.9 Å². The Morgan fingerprint density at radius 3 is 1.44 bits per heavy atom. The quantitative estimate of drug-likeness (QED) is 0.217. The molecule has 0 aliphatic carbocycles. The summed E-state index contributed by atoms with van der Waals surface area (Å²) in [5.74, 6) is 0. The van der Waals surface area contributed by atoms with Gasteiger partial charge in [0, 0.05) is 22.7 Å². The second-order valence-corrected chi connectivity index (χ2v) is 15.6. The van der Waals surface area contributed by atoms with E-state index in [1.54, 1.807) is 0 Å². The molecule has 6 rings (SSSR count). The van der Waals surface area contributed by atoms with Crippen molar-refractivity contribution in [1.82, 2.24) is 9.97 Å². The molecular formula is C43H46N2. The molecule has 0 fully saturated rings. The summed E-state index contributed by atoms with van der Waals surface area (Å²) >= 11 is 0. The molecule has 0 aliphatic heterocycles. The maximum absolute atomic E-state index is 5.31. The van der Waals surface area contributed by atoms with Crippen molar-refractivity contribution < 1.29 is 0 Å². The lowest BCUT2D eigenvalue weighted by Gasteiger charge is -2.21. The number of pyridine rings is 1. The molecule has 2 aromatic heterocycles. The van der Waals surface area contributed by atoms with Crippen molar-refractivity contribution in [2.45, 2.75) is 78.6 Å². The fourth-order valence-electron chi connectivity index (χ4n) is 5.99. The van der Waals surface area contributed by atoms with E-state index in [1.807, 2.05) is 6.20 Å². The van der Waals surface area contributed by atoms with Gasteiger partial charge in [-0.25, -0.2) is 4.98 Å². The van der Waals surface area contributed by atoms with Crippen LogP contribution in [-0.4, -0.2) is 9.97 Å². The van der Waals surface area contributed by atoms with Gasteiger partial charge < -0.3 is 4.98 Å². The van der Waals surface area contributed by atoms with Crippen LogP contribution in [0.4, 0.5) is 0 Å². The topological polar surface area (TPSA) is 28.7 Å². The Morgan fingerprint density at radius 1 is 0.444 bits per heavy atom. The zero-order valence-electron chi connectivity index (χ0n) is 28.3. The molecule has 0 bridgehead atoms. The van der Waals surface area contributed by atoms with E-state index in [-0.39, 0.29) is 16.2 Å². The van der Waals surface area contributed by atoms with Crippen molar-refractivity contribution in [2.75, 3.05) is 0 Å². The van der Waals surface area contributed by atoms with E-state index in [0.29, 0.717) is 0 Å². The number of benzene rings is 4. The molecule has 0 amide bonds. The van der Waals surface area contributed by atoms with E-state index in [1.165, 1.54) is 44.3 Å². The molecule has 0 saturated heterocycles. The van der Waals surface area contributed by atoms with Gasteiger partial charge in [0.1, 0.15) is 0 Å². The van der Waals surface area contributed by atoms with Crippen molar-refractivity contribution in [3.63, 3.8) is 0 Å². The highest BCUT2D eigenvalue weighted by Crippen LogP contribution is 2.37. The van der Waals surface area contributed by atoms with Crippen molar-refractivity contribution in [2.24, 2.45) is 0 Å². The van der Waals surface area contributed by atoms with E-state index >= 15 is 0 Å². The number of aromatic nitrogens is 2. The van der Waals surface area contributed by atoms with Gasteiger partial charge in [-0.2, -0.15) is 0 Å². The molecule has 2 heterocycles. The van der Waals surface area contributed by atoms with Crippen LogP contribution in [0.25, 0.3) is 55.7 Å². The van der Waals surface area contributed by atoms with Crippen LogP contribution >= 0.6 is 0 Å². The number of aromatic amines is 1. The first-order valence-electron chi connectivity index (χ1n) is 16.1. The largest absolute Gasteiger partial charge is 0.361 e. The standard InChI is InChI=1S/C43H46N2/c1-41(2,3)34-17-13-28(14-18-34)31-23-32(29-15-19-35(20-16-29)42(4,5)6)25-33(24-31)38-11-10-12-39(45-38)37-27-36(43(7,8)9)26-30-21-22-44-40(30)37/h10-27,44H,1-9H3. The minimum atomic E-state index is 0.0339. The highest BCUT2D eigenvalue weighted by molar-refractivity contribution is 5.94. The second-order valence-electron chi connectivity index (χ2n) is 15.6. The molecule has 0 spiro atoms. The molecule has 0 saturated carbocycles. The van der Waals surface area contributed by atoms with E-state index < -0.39 is 0 Å². The fraction of sp³-hybridized carbons (Fsp3) is 0.279. The van der Waals surface area contributed by atoms with E-state index in [0.717, 1.165) is 28.0 Å². The summed E-state index contributed by atoms with van der Waals surface area (Å²) in [4.78, 5) is 8.78. The van der Waals surface area contributed by atoms with Gasteiger partial charge in [0.25, 0.3) is 0 Å². The van der Waals surface area contributed by atoms with Gasteiger partial charge in [-0.3, -0.25) is 0 Å². The van der Waals surface area contributed by atoms with Gasteiger partial charge in [0.2, 0.25) is 0 Å². The van der Waals surface area contributed by atoms with Crippen LogP contribution in [0.5, 0.6) is 0 Å². The third-order valence-electron chi connectivity index (χ3n) is 8.95. The lowest BCUT2D eigenvalue weighted by molar-refractivity contribution is 0.590. The first kappa shape index (κ1) is 30.6. The van der Waals surface area contributed by atoms with Crippen LogP contribution in [0, 0.1) is 0 Å². The summed E-state index contributed by atoms with van der Waals surface area (Å²) in [5.41, 5.74) is 14.3. The van der Waals surface area contributed by atoms with Crippen LogP contribution in [0.1, 0.15) is 79.0 Å². The fourth-order valence-corrected chi connectivity index (χ4v) is 5.99. The Hall–Kier alpha value is -4.43. The molecule has 4 aromatic carbocycles. The summed E-state index contributed by atoms with van der Waals surface area (Å²) in [5, 5.41) is 1.21. The highest BCUT2D eigenvalue weighted by atomic mass is 14.7.